The fourth-order valence-electron chi connectivity index (χ4n) is 3.49. The van der Waals surface area contributed by atoms with Gasteiger partial charge in [0.2, 0.25) is 0 Å². The second kappa shape index (κ2) is 9.41. The average molecular weight is 409 g/mol. The predicted octanol–water partition coefficient (Wildman–Crippen LogP) is 2.62. The fourth-order valence-corrected chi connectivity index (χ4v) is 3.49. The lowest BCUT2D eigenvalue weighted by atomic mass is 9.99. The summed E-state index contributed by atoms with van der Waals surface area (Å²) >= 11 is 0. The Morgan fingerprint density at radius 1 is 1.31 bits per heavy atom. The minimum absolute atomic E-state index is 0.0604. The highest BCUT2D eigenvalue weighted by Gasteiger charge is 2.34. The van der Waals surface area contributed by atoms with Crippen LogP contribution >= 0.6 is 0 Å². The van der Waals surface area contributed by atoms with E-state index in [4.69, 9.17) is 14.2 Å². The van der Waals surface area contributed by atoms with Gasteiger partial charge >= 0.3 is 0 Å². The smallest absolute Gasteiger partial charge is 0.286 e. The third-order valence-electron chi connectivity index (χ3n) is 4.98. The highest BCUT2D eigenvalue weighted by atomic mass is 16.6. The number of nitro groups is 1. The average Bonchev–Trinajstić information content (AvgIpc) is 2.65. The van der Waals surface area contributed by atoms with Crippen LogP contribution in [-0.4, -0.2) is 66.8 Å². The van der Waals surface area contributed by atoms with E-state index in [9.17, 15) is 14.9 Å². The minimum Gasteiger partial charge on any atom is -0.493 e. The normalized spacial score (nSPS) is 20.2. The van der Waals surface area contributed by atoms with Crippen molar-refractivity contribution in [2.24, 2.45) is 0 Å². The highest BCUT2D eigenvalue weighted by molar-refractivity contribution is 5.99. The van der Waals surface area contributed by atoms with Gasteiger partial charge in [-0.2, -0.15) is 0 Å². The Kier molecular flexibility index (Phi) is 7.43. The Hall–Kier alpha value is -2.39. The minimum atomic E-state index is -0.590. The van der Waals surface area contributed by atoms with E-state index in [2.05, 4.69) is 10.2 Å². The molecule has 1 fully saturated rings. The van der Waals surface area contributed by atoms with Crippen LogP contribution in [0.25, 0.3) is 0 Å². The summed E-state index contributed by atoms with van der Waals surface area (Å²) in [6, 6.07) is 2.58. The Balaban J connectivity index is 2.20. The maximum absolute atomic E-state index is 12.8. The van der Waals surface area contributed by atoms with Crippen LogP contribution in [0.1, 0.15) is 45.0 Å². The molecule has 1 aromatic rings. The number of amides is 1. The number of rotatable bonds is 8. The lowest BCUT2D eigenvalue weighted by Crippen LogP contribution is -2.58. The number of nitrogens with one attached hydrogen (secondary N) is 1. The lowest BCUT2D eigenvalue weighted by molar-refractivity contribution is -0.385. The molecule has 1 aliphatic heterocycles. The van der Waals surface area contributed by atoms with Gasteiger partial charge < -0.3 is 19.5 Å². The Morgan fingerprint density at radius 3 is 2.45 bits per heavy atom. The number of nitro benzene ring substituents is 1. The van der Waals surface area contributed by atoms with Gasteiger partial charge in [-0.25, -0.2) is 0 Å². The number of ether oxygens (including phenoxy) is 3. The molecule has 29 heavy (non-hydrogen) atoms. The van der Waals surface area contributed by atoms with Crippen molar-refractivity contribution < 1.29 is 23.9 Å². The summed E-state index contributed by atoms with van der Waals surface area (Å²) in [4.78, 5) is 26.0. The second-order valence-electron chi connectivity index (χ2n) is 7.87. The van der Waals surface area contributed by atoms with E-state index in [-0.39, 0.29) is 40.5 Å². The van der Waals surface area contributed by atoms with E-state index in [0.29, 0.717) is 13.2 Å². The molecule has 2 rings (SSSR count). The number of hydrogen-bond acceptors (Lipinski definition) is 7. The molecule has 2 atom stereocenters. The van der Waals surface area contributed by atoms with Crippen LogP contribution in [0.2, 0.25) is 0 Å². The summed E-state index contributed by atoms with van der Waals surface area (Å²) < 4.78 is 16.4. The molecule has 0 bridgehead atoms. The molecule has 0 radical (unpaired) electrons. The molecule has 162 valence electrons. The largest absolute Gasteiger partial charge is 0.493 e. The van der Waals surface area contributed by atoms with E-state index in [1.54, 1.807) is 6.92 Å². The molecule has 1 aliphatic rings. The second-order valence-corrected chi connectivity index (χ2v) is 7.87. The van der Waals surface area contributed by atoms with Crippen LogP contribution in [-0.2, 0) is 4.74 Å². The molecule has 1 N–H and O–H groups in total. The van der Waals surface area contributed by atoms with Gasteiger partial charge in [-0.3, -0.25) is 19.8 Å². The van der Waals surface area contributed by atoms with Crippen LogP contribution in [0.15, 0.2) is 12.1 Å². The fraction of sp³-hybridized carbons (Fsp3) is 0.650. The standard InChI is InChI=1S/C20H31N3O6/c1-7-28-18-9-16(23(25)26)15(8-17(18)27-6)19(24)21-12-20(4,5)22-10-13(2)29-14(3)11-22/h8-9,13-14H,7,10-12H2,1-6H3,(H,21,24)/t13-,14-/m0/s1. The molecule has 9 nitrogen and oxygen atoms in total. The molecule has 1 heterocycles. The van der Waals surface area contributed by atoms with Gasteiger partial charge in [0.15, 0.2) is 11.5 Å². The quantitative estimate of drug-likeness (QED) is 0.520. The van der Waals surface area contributed by atoms with Crippen molar-refractivity contribution >= 4 is 11.6 Å². The molecule has 1 saturated heterocycles. The van der Waals surface area contributed by atoms with Crippen LogP contribution in [0.3, 0.4) is 0 Å². The third kappa shape index (κ3) is 5.57. The molecule has 0 aliphatic carbocycles. The first-order valence-corrected chi connectivity index (χ1v) is 9.77. The van der Waals surface area contributed by atoms with E-state index < -0.39 is 10.8 Å². The van der Waals surface area contributed by atoms with Crippen molar-refractivity contribution in [2.45, 2.75) is 52.4 Å². The summed E-state index contributed by atoms with van der Waals surface area (Å²) in [5.74, 6) is -0.0203. The van der Waals surface area contributed by atoms with Crippen molar-refractivity contribution in [3.63, 3.8) is 0 Å². The number of carbonyl (C=O) groups is 1. The van der Waals surface area contributed by atoms with E-state index in [1.807, 2.05) is 27.7 Å². The van der Waals surface area contributed by atoms with E-state index in [0.717, 1.165) is 13.1 Å². The summed E-state index contributed by atoms with van der Waals surface area (Å²) in [5, 5.41) is 14.4. The summed E-state index contributed by atoms with van der Waals surface area (Å²) in [6.07, 6.45) is 0.204. The molecular formula is C20H31N3O6. The summed E-state index contributed by atoms with van der Waals surface area (Å²) in [7, 11) is 1.43. The first-order chi connectivity index (χ1) is 13.6. The van der Waals surface area contributed by atoms with Crippen molar-refractivity contribution in [1.82, 2.24) is 10.2 Å². The van der Waals surface area contributed by atoms with Crippen LogP contribution in [0.4, 0.5) is 5.69 Å². The summed E-state index contributed by atoms with van der Waals surface area (Å²) in [6.45, 7) is 12.0. The van der Waals surface area contributed by atoms with E-state index in [1.165, 1.54) is 19.2 Å². The molecule has 1 amide bonds. The monoisotopic (exact) mass is 409 g/mol. The molecular weight excluding hydrogens is 378 g/mol. The molecule has 9 heteroatoms. The highest BCUT2D eigenvalue weighted by Crippen LogP contribution is 2.35. The maximum atomic E-state index is 12.8. The van der Waals surface area contributed by atoms with Crippen molar-refractivity contribution in [1.29, 1.82) is 0 Å². The van der Waals surface area contributed by atoms with Gasteiger partial charge in [-0.1, -0.05) is 0 Å². The number of carbonyl (C=O) groups excluding carboxylic acids is 1. The van der Waals surface area contributed by atoms with Gasteiger partial charge in [0.1, 0.15) is 5.56 Å². The predicted molar refractivity (Wildman–Crippen MR) is 109 cm³/mol. The van der Waals surface area contributed by atoms with Crippen LogP contribution in [0, 0.1) is 10.1 Å². The van der Waals surface area contributed by atoms with E-state index >= 15 is 0 Å². The SMILES string of the molecule is CCOc1cc([N+](=O)[O-])c(C(=O)NCC(C)(C)N2C[C@H](C)O[C@@H](C)C2)cc1OC. The maximum Gasteiger partial charge on any atom is 0.286 e. The van der Waals surface area contributed by atoms with Gasteiger partial charge in [0.25, 0.3) is 11.6 Å². The van der Waals surface area contributed by atoms with Crippen LogP contribution < -0.4 is 14.8 Å². The van der Waals surface area contributed by atoms with Crippen molar-refractivity contribution in [3.05, 3.63) is 27.8 Å². The van der Waals surface area contributed by atoms with Crippen molar-refractivity contribution in [3.8, 4) is 11.5 Å². The number of hydrogen-bond donors (Lipinski definition) is 1. The number of morpholine rings is 1. The number of benzene rings is 1. The topological polar surface area (TPSA) is 103 Å². The molecule has 0 aromatic heterocycles. The molecule has 0 saturated carbocycles. The van der Waals surface area contributed by atoms with Gasteiger partial charge in [0, 0.05) is 31.2 Å². The molecule has 1 aromatic carbocycles. The van der Waals surface area contributed by atoms with Gasteiger partial charge in [0.05, 0.1) is 36.9 Å². The Labute approximate surface area is 171 Å². The molecule has 0 spiro atoms. The Morgan fingerprint density at radius 2 is 1.93 bits per heavy atom. The molecule has 0 unspecified atom stereocenters. The lowest BCUT2D eigenvalue weighted by Gasteiger charge is -2.45. The zero-order chi connectivity index (χ0) is 21.8. The summed E-state index contributed by atoms with van der Waals surface area (Å²) in [5.41, 5.74) is -0.723. The Bertz CT molecular complexity index is 742. The zero-order valence-corrected chi connectivity index (χ0v) is 18.0. The zero-order valence-electron chi connectivity index (χ0n) is 18.0. The third-order valence-corrected chi connectivity index (χ3v) is 4.98. The van der Waals surface area contributed by atoms with Gasteiger partial charge in [-0.15, -0.1) is 0 Å². The van der Waals surface area contributed by atoms with Crippen LogP contribution in [0.5, 0.6) is 11.5 Å². The van der Waals surface area contributed by atoms with Gasteiger partial charge in [-0.05, 0) is 34.6 Å². The first kappa shape index (κ1) is 22.9. The number of nitrogens with zero attached hydrogens (tertiary/aromatic N) is 2. The van der Waals surface area contributed by atoms with Crippen molar-refractivity contribution in [2.75, 3.05) is 33.4 Å². The number of methoxy groups -OCH3 is 1. The first-order valence-electron chi connectivity index (χ1n) is 9.77.